The molecular formula is C21H23N3O4S. The summed E-state index contributed by atoms with van der Waals surface area (Å²) >= 11 is 1.58. The lowest BCUT2D eigenvalue weighted by Crippen LogP contribution is -2.31. The van der Waals surface area contributed by atoms with Crippen molar-refractivity contribution in [2.45, 2.75) is 31.7 Å². The first-order valence-corrected chi connectivity index (χ1v) is 10.5. The highest BCUT2D eigenvalue weighted by Gasteiger charge is 2.32. The van der Waals surface area contributed by atoms with Gasteiger partial charge in [0.25, 0.3) is 0 Å². The lowest BCUT2D eigenvalue weighted by molar-refractivity contribution is -0.132. The largest absolute Gasteiger partial charge is 0.497 e. The highest BCUT2D eigenvalue weighted by Crippen LogP contribution is 2.39. The van der Waals surface area contributed by atoms with E-state index in [2.05, 4.69) is 10.2 Å². The smallest absolute Gasteiger partial charge is 0.248 e. The number of amides is 1. The summed E-state index contributed by atoms with van der Waals surface area (Å²) in [5.41, 5.74) is 1.92. The zero-order chi connectivity index (χ0) is 20.2. The van der Waals surface area contributed by atoms with Crippen LogP contribution < -0.4 is 9.47 Å². The molecule has 0 spiro atoms. The van der Waals surface area contributed by atoms with E-state index in [-0.39, 0.29) is 11.9 Å². The van der Waals surface area contributed by atoms with Gasteiger partial charge in [-0.15, -0.1) is 10.2 Å². The number of hydrogen-bond donors (Lipinski definition) is 0. The van der Waals surface area contributed by atoms with Gasteiger partial charge in [-0.25, -0.2) is 0 Å². The fourth-order valence-electron chi connectivity index (χ4n) is 3.70. The number of rotatable bonds is 7. The van der Waals surface area contributed by atoms with Gasteiger partial charge >= 0.3 is 0 Å². The molecule has 2 aromatic heterocycles. The van der Waals surface area contributed by atoms with Gasteiger partial charge in [-0.2, -0.15) is 11.3 Å². The fraction of sp³-hybridized carbons (Fsp3) is 0.381. The molecule has 1 aliphatic heterocycles. The summed E-state index contributed by atoms with van der Waals surface area (Å²) in [4.78, 5) is 14.9. The number of benzene rings is 1. The highest BCUT2D eigenvalue weighted by atomic mass is 32.1. The van der Waals surface area contributed by atoms with Crippen molar-refractivity contribution in [1.82, 2.24) is 15.1 Å². The Morgan fingerprint density at radius 2 is 2.17 bits per heavy atom. The first-order valence-electron chi connectivity index (χ1n) is 9.56. The minimum Gasteiger partial charge on any atom is -0.497 e. The molecule has 1 aliphatic rings. The number of likely N-dealkylation sites (tertiary alicyclic amines) is 1. The van der Waals surface area contributed by atoms with Gasteiger partial charge in [0.05, 0.1) is 20.3 Å². The van der Waals surface area contributed by atoms with E-state index in [4.69, 9.17) is 13.9 Å². The van der Waals surface area contributed by atoms with Gasteiger partial charge in [0.1, 0.15) is 11.5 Å². The first-order chi connectivity index (χ1) is 14.2. The molecule has 1 amide bonds. The summed E-state index contributed by atoms with van der Waals surface area (Å²) in [6.07, 6.45) is 2.64. The second kappa shape index (κ2) is 8.65. The van der Waals surface area contributed by atoms with Crippen molar-refractivity contribution >= 4 is 17.2 Å². The van der Waals surface area contributed by atoms with Crippen LogP contribution in [0.2, 0.25) is 0 Å². The normalized spacial score (nSPS) is 16.2. The summed E-state index contributed by atoms with van der Waals surface area (Å²) in [5, 5.41) is 12.1. The molecule has 1 aromatic carbocycles. The predicted molar refractivity (Wildman–Crippen MR) is 109 cm³/mol. The summed E-state index contributed by atoms with van der Waals surface area (Å²) in [5.74, 6) is 2.54. The zero-order valence-corrected chi connectivity index (χ0v) is 17.3. The molecule has 0 unspecified atom stereocenters. The molecule has 4 rings (SSSR count). The van der Waals surface area contributed by atoms with Crippen molar-refractivity contribution in [2.75, 3.05) is 20.8 Å². The van der Waals surface area contributed by atoms with E-state index in [0.717, 1.165) is 42.0 Å². The number of carbonyl (C=O) groups is 1. The van der Waals surface area contributed by atoms with Gasteiger partial charge in [0.2, 0.25) is 17.7 Å². The third-order valence-corrected chi connectivity index (χ3v) is 5.84. The molecule has 8 heteroatoms. The Labute approximate surface area is 173 Å². The lowest BCUT2D eigenvalue weighted by atomic mass is 10.0. The molecule has 152 valence electrons. The van der Waals surface area contributed by atoms with Crippen LogP contribution in [0.3, 0.4) is 0 Å². The van der Waals surface area contributed by atoms with Crippen molar-refractivity contribution < 1.29 is 18.7 Å². The number of aromatic nitrogens is 2. The summed E-state index contributed by atoms with van der Waals surface area (Å²) < 4.78 is 16.5. The lowest BCUT2D eigenvalue weighted by Gasteiger charge is -2.26. The van der Waals surface area contributed by atoms with Crippen LogP contribution >= 0.6 is 11.3 Å². The Hall–Kier alpha value is -2.87. The van der Waals surface area contributed by atoms with Gasteiger partial charge in [-0.1, -0.05) is 0 Å². The van der Waals surface area contributed by atoms with E-state index in [1.165, 1.54) is 0 Å². The average Bonchev–Trinajstić information content (AvgIpc) is 3.52. The number of aryl methyl sites for hydroxylation is 1. The molecule has 1 atom stereocenters. The van der Waals surface area contributed by atoms with Crippen molar-refractivity contribution in [3.05, 3.63) is 46.5 Å². The average molecular weight is 413 g/mol. The quantitative estimate of drug-likeness (QED) is 0.580. The van der Waals surface area contributed by atoms with Crippen LogP contribution in [0.15, 0.2) is 39.4 Å². The molecule has 0 aliphatic carbocycles. The van der Waals surface area contributed by atoms with Crippen LogP contribution in [0.25, 0.3) is 11.5 Å². The van der Waals surface area contributed by atoms with Crippen molar-refractivity contribution in [1.29, 1.82) is 0 Å². The van der Waals surface area contributed by atoms with Gasteiger partial charge in [0, 0.05) is 42.0 Å². The molecule has 1 fully saturated rings. The first kappa shape index (κ1) is 19.4. The predicted octanol–water partition coefficient (Wildman–Crippen LogP) is 4.11. The van der Waals surface area contributed by atoms with Gasteiger partial charge in [-0.05, 0) is 36.4 Å². The number of hydrogen-bond acceptors (Lipinski definition) is 7. The van der Waals surface area contributed by atoms with Crippen molar-refractivity contribution in [2.24, 2.45) is 0 Å². The van der Waals surface area contributed by atoms with E-state index >= 15 is 0 Å². The maximum Gasteiger partial charge on any atom is 0.248 e. The number of nitrogens with zero attached hydrogens (tertiary/aromatic N) is 3. The molecule has 29 heavy (non-hydrogen) atoms. The minimum absolute atomic E-state index is 0.00686. The van der Waals surface area contributed by atoms with Crippen molar-refractivity contribution in [3.63, 3.8) is 0 Å². The summed E-state index contributed by atoms with van der Waals surface area (Å²) in [6.45, 7) is 0.739. The molecule has 1 saturated heterocycles. The number of thiophene rings is 1. The summed E-state index contributed by atoms with van der Waals surface area (Å²) in [6, 6.07) is 7.69. The van der Waals surface area contributed by atoms with Crippen LogP contribution in [-0.2, 0) is 11.2 Å². The standard InChI is InChI=1S/C21H23N3O4S/c1-26-15-5-6-16(18(12-15)27-2)17-4-3-10-24(17)20(25)8-7-19-22-23-21(28-19)14-9-11-29-13-14/h5-6,9,11-13,17H,3-4,7-8,10H2,1-2H3/t17-/m1/s1. The number of methoxy groups -OCH3 is 2. The Bertz CT molecular complexity index is 970. The third-order valence-electron chi connectivity index (χ3n) is 5.16. The third kappa shape index (κ3) is 4.12. The Morgan fingerprint density at radius 1 is 1.28 bits per heavy atom. The maximum atomic E-state index is 12.9. The van der Waals surface area contributed by atoms with Crippen LogP contribution in [0.5, 0.6) is 11.5 Å². The van der Waals surface area contributed by atoms with Crippen LogP contribution in [-0.4, -0.2) is 41.8 Å². The van der Waals surface area contributed by atoms with E-state index in [0.29, 0.717) is 24.6 Å². The van der Waals surface area contributed by atoms with Crippen LogP contribution in [0.4, 0.5) is 0 Å². The minimum atomic E-state index is 0.00686. The van der Waals surface area contributed by atoms with Crippen LogP contribution in [0.1, 0.15) is 36.8 Å². The summed E-state index contributed by atoms with van der Waals surface area (Å²) in [7, 11) is 3.27. The van der Waals surface area contributed by atoms with E-state index in [1.54, 1.807) is 25.6 Å². The maximum absolute atomic E-state index is 12.9. The number of ether oxygens (including phenoxy) is 2. The molecular weight excluding hydrogens is 390 g/mol. The van der Waals surface area contributed by atoms with Crippen LogP contribution in [0, 0.1) is 0 Å². The molecule has 0 radical (unpaired) electrons. The highest BCUT2D eigenvalue weighted by molar-refractivity contribution is 7.08. The second-order valence-electron chi connectivity index (χ2n) is 6.87. The molecule has 0 saturated carbocycles. The SMILES string of the molecule is COc1ccc([C@H]2CCCN2C(=O)CCc2nnc(-c3ccsc3)o2)c(OC)c1. The Balaban J connectivity index is 1.43. The number of carbonyl (C=O) groups excluding carboxylic acids is 1. The van der Waals surface area contributed by atoms with Crippen molar-refractivity contribution in [3.8, 4) is 23.0 Å². The monoisotopic (exact) mass is 413 g/mol. The second-order valence-corrected chi connectivity index (χ2v) is 7.65. The molecule has 3 heterocycles. The van der Waals surface area contributed by atoms with E-state index in [1.807, 2.05) is 39.9 Å². The molecule has 7 nitrogen and oxygen atoms in total. The molecule has 3 aromatic rings. The van der Waals surface area contributed by atoms with Gasteiger partial charge in [-0.3, -0.25) is 4.79 Å². The zero-order valence-electron chi connectivity index (χ0n) is 16.5. The van der Waals surface area contributed by atoms with E-state index in [9.17, 15) is 4.79 Å². The fourth-order valence-corrected chi connectivity index (χ4v) is 4.33. The van der Waals surface area contributed by atoms with Gasteiger partial charge < -0.3 is 18.8 Å². The van der Waals surface area contributed by atoms with E-state index < -0.39 is 0 Å². The molecule has 0 N–H and O–H groups in total. The topological polar surface area (TPSA) is 77.7 Å². The Morgan fingerprint density at radius 3 is 2.93 bits per heavy atom. The van der Waals surface area contributed by atoms with Gasteiger partial charge in [0.15, 0.2) is 0 Å². The molecule has 0 bridgehead atoms. The Kier molecular flexibility index (Phi) is 5.80.